The molecular weight excluding hydrogens is 549 g/mol. The largest absolute Gasteiger partial charge is 0.477 e. The molecule has 2 bridgehead atoms. The predicted octanol–water partition coefficient (Wildman–Crippen LogP) is 5.81. The number of hydrogen-bond donors (Lipinski definition) is 2. The fourth-order valence-electron chi connectivity index (χ4n) is 4.76. The molecule has 5 rings (SSSR count). The molecule has 2 N–H and O–H groups in total. The zero-order chi connectivity index (χ0) is 29.5. The minimum Gasteiger partial charge on any atom is -0.477 e. The van der Waals surface area contributed by atoms with Crippen molar-refractivity contribution in [3.05, 3.63) is 47.8 Å². The minimum absolute atomic E-state index is 0.000809. The lowest BCUT2D eigenvalue weighted by Crippen LogP contribution is -2.33. The Morgan fingerprint density at radius 2 is 1.95 bits per heavy atom. The molecule has 0 saturated carbocycles. The Morgan fingerprint density at radius 1 is 1.17 bits per heavy atom. The Hall–Kier alpha value is -4.23. The van der Waals surface area contributed by atoms with Gasteiger partial charge in [0.25, 0.3) is 5.91 Å². The van der Waals surface area contributed by atoms with Crippen molar-refractivity contribution < 1.29 is 31.5 Å². The van der Waals surface area contributed by atoms with E-state index in [1.165, 1.54) is 27.4 Å². The van der Waals surface area contributed by atoms with E-state index in [9.17, 15) is 26.7 Å². The Labute approximate surface area is 231 Å². The van der Waals surface area contributed by atoms with E-state index in [4.69, 9.17) is 4.74 Å². The van der Waals surface area contributed by atoms with Crippen molar-refractivity contribution in [1.82, 2.24) is 24.3 Å². The number of benzene rings is 1. The molecule has 0 saturated heterocycles. The summed E-state index contributed by atoms with van der Waals surface area (Å²) in [4.78, 5) is 22.4. The van der Waals surface area contributed by atoms with Crippen molar-refractivity contribution in [3.63, 3.8) is 0 Å². The first-order valence-corrected chi connectivity index (χ1v) is 13.0. The van der Waals surface area contributed by atoms with E-state index in [0.717, 1.165) is 6.92 Å². The molecule has 2 atom stereocenters. The minimum atomic E-state index is -4.47. The normalized spacial score (nSPS) is 17.2. The summed E-state index contributed by atoms with van der Waals surface area (Å²) in [7, 11) is 1.69. The maximum absolute atomic E-state index is 14.2. The number of rotatable bonds is 3. The summed E-state index contributed by atoms with van der Waals surface area (Å²) in [6.45, 7) is 2.67. The molecule has 0 aliphatic carbocycles. The lowest BCUT2D eigenvalue weighted by atomic mass is 10.0. The van der Waals surface area contributed by atoms with Gasteiger partial charge in [-0.2, -0.15) is 18.3 Å². The molecule has 0 unspecified atom stereocenters. The van der Waals surface area contributed by atoms with Crippen LogP contribution in [0.1, 0.15) is 35.8 Å². The van der Waals surface area contributed by atoms with Crippen molar-refractivity contribution >= 4 is 28.6 Å². The van der Waals surface area contributed by atoms with Gasteiger partial charge >= 0.3 is 6.18 Å². The third-order valence-corrected chi connectivity index (χ3v) is 6.96. The molecule has 4 heterocycles. The van der Waals surface area contributed by atoms with Crippen LogP contribution in [-0.4, -0.2) is 55.5 Å². The Bertz CT molecular complexity index is 1580. The number of aryl methyl sites for hydroxylation is 2. The molecule has 9 nitrogen and oxygen atoms in total. The van der Waals surface area contributed by atoms with Crippen LogP contribution in [0.3, 0.4) is 0 Å². The number of carbonyl (C=O) groups is 1. The van der Waals surface area contributed by atoms with E-state index < -0.39 is 30.5 Å². The lowest BCUT2D eigenvalue weighted by Gasteiger charge is -2.20. The summed E-state index contributed by atoms with van der Waals surface area (Å²) in [5.74, 6) is -1.27. The van der Waals surface area contributed by atoms with Crippen molar-refractivity contribution in [2.24, 2.45) is 13.0 Å². The molecule has 14 heteroatoms. The van der Waals surface area contributed by atoms with Gasteiger partial charge in [-0.3, -0.25) is 15.1 Å². The van der Waals surface area contributed by atoms with Crippen molar-refractivity contribution in [1.29, 1.82) is 0 Å². The number of pyridine rings is 1. The second kappa shape index (κ2) is 11.0. The molecule has 0 radical (unpaired) electrons. The second-order valence-corrected chi connectivity index (χ2v) is 10.1. The molecular formula is C27H28F5N7O2. The van der Waals surface area contributed by atoms with E-state index in [-0.39, 0.29) is 42.3 Å². The number of ether oxygens (including phenoxy) is 1. The first-order valence-electron chi connectivity index (χ1n) is 13.0. The summed E-state index contributed by atoms with van der Waals surface area (Å²) >= 11 is 0. The Balaban J connectivity index is 1.59. The van der Waals surface area contributed by atoms with E-state index in [1.807, 2.05) is 0 Å². The molecule has 0 spiro atoms. The molecule has 0 fully saturated rings. The quantitative estimate of drug-likeness (QED) is 0.298. The highest BCUT2D eigenvalue weighted by Crippen LogP contribution is 2.32. The monoisotopic (exact) mass is 577 g/mol. The number of fused-ring (bicyclic) bond motifs is 7. The van der Waals surface area contributed by atoms with Crippen LogP contribution >= 0.6 is 0 Å². The number of halogens is 5. The average molecular weight is 578 g/mol. The summed E-state index contributed by atoms with van der Waals surface area (Å²) in [6.07, 6.45) is -5.18. The van der Waals surface area contributed by atoms with Crippen molar-refractivity contribution in [2.75, 3.05) is 17.2 Å². The summed E-state index contributed by atoms with van der Waals surface area (Å²) < 4.78 is 76.6. The van der Waals surface area contributed by atoms with Gasteiger partial charge in [-0.1, -0.05) is 0 Å². The van der Waals surface area contributed by atoms with Crippen LogP contribution in [0.15, 0.2) is 36.5 Å². The van der Waals surface area contributed by atoms with Crippen LogP contribution in [-0.2, 0) is 13.6 Å². The van der Waals surface area contributed by atoms with Crippen molar-refractivity contribution in [2.45, 2.75) is 51.9 Å². The van der Waals surface area contributed by atoms with Crippen LogP contribution in [0.2, 0.25) is 0 Å². The van der Waals surface area contributed by atoms with Gasteiger partial charge in [0, 0.05) is 36.5 Å². The number of anilines is 2. The maximum Gasteiger partial charge on any atom is 0.408 e. The second-order valence-electron chi connectivity index (χ2n) is 10.1. The number of imidazole rings is 1. The van der Waals surface area contributed by atoms with Gasteiger partial charge in [0.1, 0.15) is 6.04 Å². The highest BCUT2D eigenvalue weighted by molar-refractivity contribution is 6.05. The van der Waals surface area contributed by atoms with Gasteiger partial charge in [0.05, 0.1) is 35.1 Å². The van der Waals surface area contributed by atoms with Crippen LogP contribution < -0.4 is 15.4 Å². The van der Waals surface area contributed by atoms with E-state index in [0.29, 0.717) is 34.8 Å². The van der Waals surface area contributed by atoms with E-state index in [2.05, 4.69) is 25.7 Å². The first-order chi connectivity index (χ1) is 19.4. The van der Waals surface area contributed by atoms with Gasteiger partial charge in [-0.15, -0.1) is 0 Å². The maximum atomic E-state index is 14.2. The highest BCUT2D eigenvalue weighted by Gasteiger charge is 2.36. The van der Waals surface area contributed by atoms with Crippen LogP contribution in [0.5, 0.6) is 5.88 Å². The first kappa shape index (κ1) is 28.3. The summed E-state index contributed by atoms with van der Waals surface area (Å²) in [5, 5.41) is 9.33. The van der Waals surface area contributed by atoms with E-state index >= 15 is 0 Å². The number of nitrogens with zero attached hydrogens (tertiary/aromatic N) is 5. The molecule has 1 aliphatic heterocycles. The predicted molar refractivity (Wildman–Crippen MR) is 142 cm³/mol. The standard InChI is InChI=1S/C27H28F5N7O2/c1-14-9-17-10-20(34-14)19-12-33-38(3)25(19)41-8-4-5-16(23(28)29)13-39-22-7-6-18(35-15(2)27(30,31)32)11-21(22)36-26(39)37-24(17)40/h6-7,9-12,15-16,23,35H,4-5,8,13H2,1-3H3,(H,36,37,40)/t15-,16+/m0/s1. The van der Waals surface area contributed by atoms with Crippen molar-refractivity contribution in [3.8, 4) is 17.1 Å². The average Bonchev–Trinajstić information content (AvgIpc) is 3.43. The summed E-state index contributed by atoms with van der Waals surface area (Å²) in [5.41, 5.74) is 2.56. The van der Waals surface area contributed by atoms with Crippen LogP contribution in [0, 0.1) is 12.8 Å². The topological polar surface area (TPSA) is 98.9 Å². The van der Waals surface area contributed by atoms with Gasteiger partial charge in [-0.25, -0.2) is 18.4 Å². The van der Waals surface area contributed by atoms with Gasteiger partial charge in [0.2, 0.25) is 18.3 Å². The zero-order valence-corrected chi connectivity index (χ0v) is 22.5. The zero-order valence-electron chi connectivity index (χ0n) is 22.5. The highest BCUT2D eigenvalue weighted by atomic mass is 19.4. The van der Waals surface area contributed by atoms with Gasteiger partial charge in [-0.05, 0) is 57.0 Å². The smallest absolute Gasteiger partial charge is 0.408 e. The molecule has 3 aromatic heterocycles. The number of aromatic nitrogens is 5. The van der Waals surface area contributed by atoms with Gasteiger partial charge < -0.3 is 14.6 Å². The molecule has 1 aliphatic rings. The van der Waals surface area contributed by atoms with Crippen LogP contribution in [0.4, 0.5) is 33.6 Å². The number of hydrogen-bond acceptors (Lipinski definition) is 6. The third kappa shape index (κ3) is 5.95. The summed E-state index contributed by atoms with van der Waals surface area (Å²) in [6, 6.07) is 5.64. The van der Waals surface area contributed by atoms with E-state index in [1.54, 1.807) is 32.3 Å². The fourth-order valence-corrected chi connectivity index (χ4v) is 4.76. The number of carbonyl (C=O) groups excluding carboxylic acids is 1. The van der Waals surface area contributed by atoms with Gasteiger partial charge in [0.15, 0.2) is 0 Å². The number of amides is 1. The fraction of sp³-hybridized carbons (Fsp3) is 0.407. The number of alkyl halides is 5. The SMILES string of the molecule is Cc1cc2cc(n1)-c1cnn(C)c1OCCC[C@@H](C(F)F)Cn1c(nc3cc(N[C@@H](C)C(F)(F)F)ccc31)NC2=O. The Kier molecular flexibility index (Phi) is 7.58. The molecule has 1 amide bonds. The molecule has 4 aromatic rings. The molecule has 41 heavy (non-hydrogen) atoms. The van der Waals surface area contributed by atoms with Crippen LogP contribution in [0.25, 0.3) is 22.3 Å². The molecule has 218 valence electrons. The Morgan fingerprint density at radius 3 is 2.68 bits per heavy atom. The molecule has 1 aromatic carbocycles. The third-order valence-electron chi connectivity index (χ3n) is 6.96. The lowest BCUT2D eigenvalue weighted by molar-refractivity contribution is -0.138. The number of nitrogens with one attached hydrogen (secondary N) is 2.